The minimum atomic E-state index is -0.00360. The summed E-state index contributed by atoms with van der Waals surface area (Å²) in [6, 6.07) is 10.5. The van der Waals surface area contributed by atoms with Crippen molar-refractivity contribution in [3.05, 3.63) is 53.9 Å². The Morgan fingerprint density at radius 1 is 1.31 bits per heavy atom. The first kappa shape index (κ1) is 18.6. The predicted molar refractivity (Wildman–Crippen MR) is 102 cm³/mol. The van der Waals surface area contributed by atoms with Gasteiger partial charge in [-0.25, -0.2) is 0 Å². The molecule has 5 nitrogen and oxygen atoms in total. The van der Waals surface area contributed by atoms with E-state index in [1.807, 2.05) is 16.9 Å². The number of hydrogen-bond donors (Lipinski definition) is 1. The minimum absolute atomic E-state index is 0.00360. The number of nitrogens with zero attached hydrogens (tertiary/aromatic N) is 2. The number of benzene rings is 1. The molecule has 1 aromatic heterocycles. The lowest BCUT2D eigenvalue weighted by atomic mass is 9.89. The number of aromatic nitrogens is 2. The van der Waals surface area contributed by atoms with Crippen molar-refractivity contribution >= 4 is 5.91 Å². The summed E-state index contributed by atoms with van der Waals surface area (Å²) in [6.07, 6.45) is 6.64. The molecule has 3 rings (SSSR count). The number of hydrogen-bond acceptors (Lipinski definition) is 3. The molecule has 2 heterocycles. The summed E-state index contributed by atoms with van der Waals surface area (Å²) in [5.74, 6) is 0.597. The molecule has 1 fully saturated rings. The van der Waals surface area contributed by atoms with Crippen molar-refractivity contribution < 1.29 is 9.53 Å². The molecule has 140 valence electrons. The van der Waals surface area contributed by atoms with E-state index in [4.69, 9.17) is 4.74 Å². The number of carbonyl (C=O) groups excluding carboxylic acids is 1. The van der Waals surface area contributed by atoms with Crippen LogP contribution in [0, 0.1) is 5.92 Å². The molecule has 0 saturated carbocycles. The monoisotopic (exact) mass is 355 g/mol. The topological polar surface area (TPSA) is 56.1 Å². The van der Waals surface area contributed by atoms with E-state index in [1.54, 1.807) is 13.1 Å². The van der Waals surface area contributed by atoms with Crippen LogP contribution in [0.2, 0.25) is 0 Å². The fourth-order valence-electron chi connectivity index (χ4n) is 3.86. The Morgan fingerprint density at radius 3 is 2.81 bits per heavy atom. The van der Waals surface area contributed by atoms with Crippen LogP contribution in [0.15, 0.2) is 42.7 Å². The molecule has 1 amide bonds. The average Bonchev–Trinajstić information content (AvgIpc) is 3.07. The highest BCUT2D eigenvalue weighted by Gasteiger charge is 2.32. The molecule has 2 aromatic rings. The van der Waals surface area contributed by atoms with Crippen LogP contribution in [0.5, 0.6) is 0 Å². The van der Waals surface area contributed by atoms with Gasteiger partial charge in [0.25, 0.3) is 0 Å². The SMILES string of the molecule is CC(=O)N[C@@H]1C[C@H](CC(C)C)O[C@H](c2ccccc2Cn2cccn2)C1. The van der Waals surface area contributed by atoms with E-state index in [0.717, 1.165) is 25.8 Å². The van der Waals surface area contributed by atoms with E-state index in [2.05, 4.69) is 48.5 Å². The highest BCUT2D eigenvalue weighted by molar-refractivity contribution is 5.73. The van der Waals surface area contributed by atoms with Gasteiger partial charge in [0.15, 0.2) is 0 Å². The Labute approximate surface area is 155 Å². The molecule has 1 N–H and O–H groups in total. The summed E-state index contributed by atoms with van der Waals surface area (Å²) in [6.45, 7) is 6.74. The van der Waals surface area contributed by atoms with Crippen LogP contribution in [0.3, 0.4) is 0 Å². The van der Waals surface area contributed by atoms with Gasteiger partial charge in [0.2, 0.25) is 5.91 Å². The van der Waals surface area contributed by atoms with Crippen LogP contribution in [-0.2, 0) is 16.1 Å². The Hall–Kier alpha value is -2.14. The second-order valence-electron chi connectivity index (χ2n) is 7.65. The Morgan fingerprint density at radius 2 is 2.12 bits per heavy atom. The maximum absolute atomic E-state index is 11.6. The van der Waals surface area contributed by atoms with Gasteiger partial charge in [-0.2, -0.15) is 5.10 Å². The number of amides is 1. The van der Waals surface area contributed by atoms with E-state index >= 15 is 0 Å². The molecule has 0 unspecified atom stereocenters. The Bertz CT molecular complexity index is 712. The molecule has 3 atom stereocenters. The Kier molecular flexibility index (Phi) is 6.09. The van der Waals surface area contributed by atoms with Gasteiger partial charge in [0, 0.05) is 25.4 Å². The van der Waals surface area contributed by atoms with Crippen molar-refractivity contribution in [2.24, 2.45) is 5.92 Å². The van der Waals surface area contributed by atoms with Gasteiger partial charge in [0.05, 0.1) is 18.8 Å². The standard InChI is InChI=1S/C21H29N3O2/c1-15(2)11-19-12-18(23-16(3)25)13-21(26-19)20-8-5-4-7-17(20)14-24-10-6-9-22-24/h4-10,15,18-19,21H,11-14H2,1-3H3,(H,23,25)/t18-,19+,21+/m1/s1. The quantitative estimate of drug-likeness (QED) is 0.859. The third-order valence-corrected chi connectivity index (χ3v) is 4.84. The third kappa shape index (κ3) is 4.94. The van der Waals surface area contributed by atoms with E-state index in [1.165, 1.54) is 11.1 Å². The first-order valence-corrected chi connectivity index (χ1v) is 9.49. The summed E-state index contributed by atoms with van der Waals surface area (Å²) in [5, 5.41) is 7.44. The van der Waals surface area contributed by atoms with E-state index in [-0.39, 0.29) is 24.2 Å². The van der Waals surface area contributed by atoms with Crippen LogP contribution < -0.4 is 5.32 Å². The molecular weight excluding hydrogens is 326 g/mol. The van der Waals surface area contributed by atoms with Gasteiger partial charge < -0.3 is 10.1 Å². The normalized spacial score (nSPS) is 23.2. The van der Waals surface area contributed by atoms with Gasteiger partial charge >= 0.3 is 0 Å². The molecule has 5 heteroatoms. The molecule has 1 aliphatic heterocycles. The molecule has 0 radical (unpaired) electrons. The predicted octanol–water partition coefficient (Wildman–Crippen LogP) is 3.70. The second kappa shape index (κ2) is 8.49. The van der Waals surface area contributed by atoms with Crippen molar-refractivity contribution in [2.45, 2.75) is 64.8 Å². The zero-order valence-corrected chi connectivity index (χ0v) is 15.9. The maximum Gasteiger partial charge on any atom is 0.217 e. The van der Waals surface area contributed by atoms with Crippen LogP contribution in [0.25, 0.3) is 0 Å². The van der Waals surface area contributed by atoms with Crippen molar-refractivity contribution in [1.82, 2.24) is 15.1 Å². The molecule has 0 bridgehead atoms. The molecule has 0 spiro atoms. The zero-order chi connectivity index (χ0) is 18.5. The van der Waals surface area contributed by atoms with Crippen LogP contribution in [0.1, 0.15) is 57.3 Å². The highest BCUT2D eigenvalue weighted by Crippen LogP contribution is 2.35. The summed E-state index contributed by atoms with van der Waals surface area (Å²) in [4.78, 5) is 11.6. The molecule has 26 heavy (non-hydrogen) atoms. The van der Waals surface area contributed by atoms with E-state index in [9.17, 15) is 4.79 Å². The van der Waals surface area contributed by atoms with Crippen LogP contribution in [0.4, 0.5) is 0 Å². The number of ether oxygens (including phenoxy) is 1. The minimum Gasteiger partial charge on any atom is -0.370 e. The first-order valence-electron chi connectivity index (χ1n) is 9.49. The Balaban J connectivity index is 1.82. The first-order chi connectivity index (χ1) is 12.5. The lowest BCUT2D eigenvalue weighted by Crippen LogP contribution is -2.42. The zero-order valence-electron chi connectivity index (χ0n) is 15.9. The largest absolute Gasteiger partial charge is 0.370 e. The van der Waals surface area contributed by atoms with Crippen LogP contribution >= 0.6 is 0 Å². The summed E-state index contributed by atoms with van der Waals surface area (Å²) < 4.78 is 8.40. The van der Waals surface area contributed by atoms with E-state index < -0.39 is 0 Å². The van der Waals surface area contributed by atoms with Crippen molar-refractivity contribution in [3.63, 3.8) is 0 Å². The molecular formula is C21H29N3O2. The van der Waals surface area contributed by atoms with Gasteiger partial charge in [-0.1, -0.05) is 38.1 Å². The molecule has 0 aliphatic carbocycles. The van der Waals surface area contributed by atoms with E-state index in [0.29, 0.717) is 5.92 Å². The molecule has 1 aromatic carbocycles. The smallest absolute Gasteiger partial charge is 0.217 e. The summed E-state index contributed by atoms with van der Waals surface area (Å²) >= 11 is 0. The van der Waals surface area contributed by atoms with Gasteiger partial charge in [-0.15, -0.1) is 0 Å². The lowest BCUT2D eigenvalue weighted by Gasteiger charge is -2.37. The maximum atomic E-state index is 11.6. The summed E-state index contributed by atoms with van der Waals surface area (Å²) in [7, 11) is 0. The lowest BCUT2D eigenvalue weighted by molar-refractivity contribution is -0.122. The number of rotatable bonds is 6. The van der Waals surface area contributed by atoms with Crippen molar-refractivity contribution in [1.29, 1.82) is 0 Å². The third-order valence-electron chi connectivity index (χ3n) is 4.84. The van der Waals surface area contributed by atoms with Crippen molar-refractivity contribution in [3.8, 4) is 0 Å². The fraction of sp³-hybridized carbons (Fsp3) is 0.524. The van der Waals surface area contributed by atoms with Gasteiger partial charge in [0.1, 0.15) is 0 Å². The van der Waals surface area contributed by atoms with Crippen LogP contribution in [-0.4, -0.2) is 27.8 Å². The molecule has 1 aliphatic rings. The highest BCUT2D eigenvalue weighted by atomic mass is 16.5. The number of carbonyl (C=O) groups is 1. The second-order valence-corrected chi connectivity index (χ2v) is 7.65. The number of nitrogens with one attached hydrogen (secondary N) is 1. The van der Waals surface area contributed by atoms with Crippen molar-refractivity contribution in [2.75, 3.05) is 0 Å². The summed E-state index contributed by atoms with van der Waals surface area (Å²) in [5.41, 5.74) is 2.42. The average molecular weight is 355 g/mol. The van der Waals surface area contributed by atoms with Gasteiger partial charge in [-0.3, -0.25) is 9.48 Å². The van der Waals surface area contributed by atoms with Gasteiger partial charge in [-0.05, 0) is 42.4 Å². The molecule has 1 saturated heterocycles. The fourth-order valence-corrected chi connectivity index (χ4v) is 3.86.